The van der Waals surface area contributed by atoms with Gasteiger partial charge in [0.25, 0.3) is 11.7 Å². The largest absolute Gasteiger partial charge is 0.507 e. The molecule has 38 heavy (non-hydrogen) atoms. The number of fused-ring (bicyclic) bond motifs is 1. The van der Waals surface area contributed by atoms with Crippen molar-refractivity contribution in [1.29, 1.82) is 0 Å². The van der Waals surface area contributed by atoms with Crippen molar-refractivity contribution in [3.63, 3.8) is 0 Å². The van der Waals surface area contributed by atoms with Gasteiger partial charge in [0.2, 0.25) is 0 Å². The van der Waals surface area contributed by atoms with E-state index in [4.69, 9.17) is 14.2 Å². The van der Waals surface area contributed by atoms with Crippen molar-refractivity contribution < 1.29 is 28.9 Å². The molecule has 8 nitrogen and oxygen atoms in total. The number of unbranched alkanes of at least 4 members (excludes halogenated alkanes) is 1. The van der Waals surface area contributed by atoms with Gasteiger partial charge in [-0.2, -0.15) is 0 Å². The fraction of sp³-hybridized carbons (Fsp3) is 0.467. The number of Topliss-reactive ketones (excluding diaryl/α,β-unsaturated/α-hetero) is 1. The Morgan fingerprint density at radius 1 is 1.00 bits per heavy atom. The highest BCUT2D eigenvalue weighted by atomic mass is 16.6. The summed E-state index contributed by atoms with van der Waals surface area (Å²) in [7, 11) is 0. The van der Waals surface area contributed by atoms with E-state index in [1.807, 2.05) is 24.3 Å². The molecule has 1 amide bonds. The number of aliphatic hydroxyl groups is 1. The van der Waals surface area contributed by atoms with Crippen molar-refractivity contribution in [3.8, 4) is 17.2 Å². The number of ketones is 1. The quantitative estimate of drug-likeness (QED) is 0.186. The first-order valence-corrected chi connectivity index (χ1v) is 13.6. The number of ether oxygens (including phenoxy) is 3. The van der Waals surface area contributed by atoms with Gasteiger partial charge in [-0.15, -0.1) is 0 Å². The molecule has 2 aromatic carbocycles. The zero-order valence-electron chi connectivity index (χ0n) is 22.6. The van der Waals surface area contributed by atoms with Crippen LogP contribution in [0.4, 0.5) is 0 Å². The van der Waals surface area contributed by atoms with Crippen LogP contribution in [-0.4, -0.2) is 72.6 Å². The van der Waals surface area contributed by atoms with Crippen molar-refractivity contribution in [2.24, 2.45) is 0 Å². The van der Waals surface area contributed by atoms with Gasteiger partial charge in [0.05, 0.1) is 18.2 Å². The van der Waals surface area contributed by atoms with E-state index in [0.717, 1.165) is 43.8 Å². The van der Waals surface area contributed by atoms with Crippen LogP contribution in [0.5, 0.6) is 17.2 Å². The maximum absolute atomic E-state index is 13.4. The molecule has 1 atom stereocenters. The van der Waals surface area contributed by atoms with Gasteiger partial charge >= 0.3 is 0 Å². The van der Waals surface area contributed by atoms with E-state index in [-0.39, 0.29) is 11.3 Å². The van der Waals surface area contributed by atoms with Gasteiger partial charge < -0.3 is 29.1 Å². The number of aliphatic hydroxyl groups excluding tert-OH is 1. The normalized spacial score (nSPS) is 18.3. The monoisotopic (exact) mass is 522 g/mol. The van der Waals surface area contributed by atoms with Gasteiger partial charge in [-0.1, -0.05) is 39.3 Å². The van der Waals surface area contributed by atoms with E-state index in [1.54, 1.807) is 23.1 Å². The lowest BCUT2D eigenvalue weighted by molar-refractivity contribution is -0.140. The Balaban J connectivity index is 1.69. The van der Waals surface area contributed by atoms with Crippen LogP contribution in [0.25, 0.3) is 5.76 Å². The molecule has 2 aliphatic rings. The van der Waals surface area contributed by atoms with E-state index in [2.05, 4.69) is 25.7 Å². The number of benzene rings is 2. The molecule has 0 bridgehead atoms. The molecule has 4 rings (SSSR count). The van der Waals surface area contributed by atoms with Crippen LogP contribution in [-0.2, 0) is 9.59 Å². The second-order valence-corrected chi connectivity index (χ2v) is 9.50. The van der Waals surface area contributed by atoms with E-state index in [0.29, 0.717) is 49.8 Å². The second kappa shape index (κ2) is 12.8. The number of hydrogen-bond donors (Lipinski definition) is 1. The molecule has 0 aromatic heterocycles. The van der Waals surface area contributed by atoms with E-state index >= 15 is 0 Å². The van der Waals surface area contributed by atoms with Crippen LogP contribution in [0, 0.1) is 0 Å². The number of rotatable bonds is 12. The highest BCUT2D eigenvalue weighted by molar-refractivity contribution is 6.46. The van der Waals surface area contributed by atoms with E-state index in [9.17, 15) is 14.7 Å². The summed E-state index contributed by atoms with van der Waals surface area (Å²) in [4.78, 5) is 30.5. The summed E-state index contributed by atoms with van der Waals surface area (Å²) in [6, 6.07) is 11.8. The molecule has 0 saturated carbocycles. The lowest BCUT2D eigenvalue weighted by atomic mass is 9.95. The third kappa shape index (κ3) is 5.96. The van der Waals surface area contributed by atoms with Crippen LogP contribution < -0.4 is 14.2 Å². The Hall–Kier alpha value is -3.52. The summed E-state index contributed by atoms with van der Waals surface area (Å²) in [5, 5.41) is 11.4. The predicted octanol–water partition coefficient (Wildman–Crippen LogP) is 4.79. The average molecular weight is 523 g/mol. The van der Waals surface area contributed by atoms with E-state index < -0.39 is 17.7 Å². The van der Waals surface area contributed by atoms with E-state index in [1.165, 1.54) is 0 Å². The van der Waals surface area contributed by atoms with Crippen molar-refractivity contribution in [3.05, 3.63) is 59.2 Å². The predicted molar refractivity (Wildman–Crippen MR) is 146 cm³/mol. The molecule has 0 spiro atoms. The minimum absolute atomic E-state index is 0.0779. The third-order valence-electron chi connectivity index (χ3n) is 7.09. The Labute approximate surface area is 224 Å². The summed E-state index contributed by atoms with van der Waals surface area (Å²) >= 11 is 0. The minimum atomic E-state index is -0.704. The summed E-state index contributed by atoms with van der Waals surface area (Å²) in [6.07, 6.45) is 2.72. The average Bonchev–Trinajstić information content (AvgIpc) is 3.20. The second-order valence-electron chi connectivity index (χ2n) is 9.50. The number of nitrogens with zero attached hydrogens (tertiary/aromatic N) is 2. The zero-order chi connectivity index (χ0) is 27.1. The van der Waals surface area contributed by atoms with Crippen LogP contribution in [0.2, 0.25) is 0 Å². The summed E-state index contributed by atoms with van der Waals surface area (Å²) in [5.41, 5.74) is 1.23. The first kappa shape index (κ1) is 27.5. The van der Waals surface area contributed by atoms with Gasteiger partial charge in [0.15, 0.2) is 11.5 Å². The molecule has 0 unspecified atom stereocenters. The molecule has 1 saturated heterocycles. The van der Waals surface area contributed by atoms with Crippen LogP contribution in [0.1, 0.15) is 57.2 Å². The molecule has 2 aliphatic heterocycles. The number of amides is 1. The fourth-order valence-electron chi connectivity index (χ4n) is 4.89. The summed E-state index contributed by atoms with van der Waals surface area (Å²) in [6.45, 7) is 10.9. The Morgan fingerprint density at radius 3 is 2.39 bits per heavy atom. The number of carbonyl (C=O) groups is 2. The molecule has 8 heteroatoms. The molecular formula is C30H38N2O6. The van der Waals surface area contributed by atoms with Gasteiger partial charge in [0, 0.05) is 12.1 Å². The standard InChI is InChI=1S/C30H38N2O6/c1-4-7-17-36-23-12-9-21(10-13-23)27-26(28(33)22-11-14-24-25(20-22)38-19-18-37-24)29(34)30(35)32(27)16-8-15-31(5-2)6-3/h9-14,20,27,33H,4-8,15-19H2,1-3H3/t27-/m0/s1. The molecule has 1 fully saturated rings. The molecule has 0 aliphatic carbocycles. The van der Waals surface area contributed by atoms with Crippen LogP contribution in [0.15, 0.2) is 48.0 Å². The number of likely N-dealkylation sites (tertiary alicyclic amines) is 1. The van der Waals surface area contributed by atoms with Crippen molar-refractivity contribution in [2.75, 3.05) is 46.0 Å². The van der Waals surface area contributed by atoms with Crippen molar-refractivity contribution >= 4 is 17.4 Å². The first-order chi connectivity index (χ1) is 18.5. The number of carbonyl (C=O) groups excluding carboxylic acids is 2. The van der Waals surface area contributed by atoms with Crippen LogP contribution in [0.3, 0.4) is 0 Å². The van der Waals surface area contributed by atoms with Crippen LogP contribution >= 0.6 is 0 Å². The van der Waals surface area contributed by atoms with Gasteiger partial charge in [-0.3, -0.25) is 9.59 Å². The molecule has 204 valence electrons. The summed E-state index contributed by atoms with van der Waals surface area (Å²) < 4.78 is 17.1. The van der Waals surface area contributed by atoms with Gasteiger partial charge in [0.1, 0.15) is 24.7 Å². The fourth-order valence-corrected chi connectivity index (χ4v) is 4.89. The summed E-state index contributed by atoms with van der Waals surface area (Å²) in [5.74, 6) is 0.302. The molecule has 2 aromatic rings. The smallest absolute Gasteiger partial charge is 0.295 e. The minimum Gasteiger partial charge on any atom is -0.507 e. The topological polar surface area (TPSA) is 88.5 Å². The molecule has 2 heterocycles. The maximum Gasteiger partial charge on any atom is 0.295 e. The van der Waals surface area contributed by atoms with Crippen molar-refractivity contribution in [1.82, 2.24) is 9.80 Å². The Bertz CT molecular complexity index is 1160. The highest BCUT2D eigenvalue weighted by Crippen LogP contribution is 2.41. The SMILES string of the molecule is CCCCOc1ccc([C@H]2C(=C(O)c3ccc4c(c3)OCCO4)C(=O)C(=O)N2CCCN(CC)CC)cc1. The Kier molecular flexibility index (Phi) is 9.29. The molecular weight excluding hydrogens is 484 g/mol. The highest BCUT2D eigenvalue weighted by Gasteiger charge is 2.45. The van der Waals surface area contributed by atoms with Crippen molar-refractivity contribution in [2.45, 2.75) is 46.1 Å². The number of hydrogen-bond acceptors (Lipinski definition) is 7. The lowest BCUT2D eigenvalue weighted by Gasteiger charge is -2.27. The molecule has 0 radical (unpaired) electrons. The molecule has 1 N–H and O–H groups in total. The lowest BCUT2D eigenvalue weighted by Crippen LogP contribution is -2.33. The Morgan fingerprint density at radius 2 is 1.71 bits per heavy atom. The zero-order valence-corrected chi connectivity index (χ0v) is 22.6. The third-order valence-corrected chi connectivity index (χ3v) is 7.09. The maximum atomic E-state index is 13.4. The van der Waals surface area contributed by atoms with Gasteiger partial charge in [-0.25, -0.2) is 0 Å². The first-order valence-electron chi connectivity index (χ1n) is 13.6. The van der Waals surface area contributed by atoms with Gasteiger partial charge in [-0.05, 0) is 68.4 Å².